The number of amides is 2. The van der Waals surface area contributed by atoms with Gasteiger partial charge in [0.1, 0.15) is 6.61 Å². The number of alkyl halides is 5. The van der Waals surface area contributed by atoms with Gasteiger partial charge in [0.2, 0.25) is 11.8 Å². The first-order chi connectivity index (χ1) is 23.2. The molecule has 2 aliphatic rings. The summed E-state index contributed by atoms with van der Waals surface area (Å²) in [6, 6.07) is 9.77. The number of methoxy groups -OCH3 is 1. The van der Waals surface area contributed by atoms with Gasteiger partial charge in [-0.3, -0.25) is 9.59 Å². The van der Waals surface area contributed by atoms with Gasteiger partial charge in [0.15, 0.2) is 11.1 Å². The molecule has 16 heteroatoms. The van der Waals surface area contributed by atoms with Gasteiger partial charge in [-0.25, -0.2) is 23.1 Å². The molecule has 3 atom stereocenters. The third kappa shape index (κ3) is 7.88. The SMILES string of the molecule is CCN(C)c1cc2nc([C@@H](NC(=O)OCc3ccccc3)C3CCC(F)(F)CC3)cn2nc1CC1(C(=O)OC)C[C@@H](C(F)(F)F)CNC1=O. The van der Waals surface area contributed by atoms with Crippen molar-refractivity contribution in [2.45, 2.75) is 70.2 Å². The summed E-state index contributed by atoms with van der Waals surface area (Å²) in [7, 11) is 2.71. The molecule has 2 fully saturated rings. The molecule has 2 aromatic heterocycles. The van der Waals surface area contributed by atoms with E-state index in [2.05, 4.69) is 20.7 Å². The van der Waals surface area contributed by atoms with Crippen LogP contribution >= 0.6 is 0 Å². The van der Waals surface area contributed by atoms with E-state index in [0.29, 0.717) is 17.9 Å². The van der Waals surface area contributed by atoms with Gasteiger partial charge in [-0.1, -0.05) is 30.3 Å². The molecule has 0 spiro atoms. The highest BCUT2D eigenvalue weighted by Gasteiger charge is 2.57. The van der Waals surface area contributed by atoms with Crippen molar-refractivity contribution in [1.82, 2.24) is 25.2 Å². The average Bonchev–Trinajstić information content (AvgIpc) is 3.49. The van der Waals surface area contributed by atoms with Gasteiger partial charge >= 0.3 is 18.2 Å². The number of anilines is 1. The molecule has 266 valence electrons. The minimum atomic E-state index is -4.68. The molecular formula is C33H39F5N6O5. The highest BCUT2D eigenvalue weighted by atomic mass is 19.4. The van der Waals surface area contributed by atoms with E-state index in [0.717, 1.165) is 12.7 Å². The molecule has 49 heavy (non-hydrogen) atoms. The van der Waals surface area contributed by atoms with Crippen molar-refractivity contribution in [2.24, 2.45) is 17.3 Å². The first-order valence-electron chi connectivity index (χ1n) is 16.0. The first kappa shape index (κ1) is 35.8. The van der Waals surface area contributed by atoms with E-state index in [9.17, 15) is 36.3 Å². The van der Waals surface area contributed by atoms with Gasteiger partial charge in [-0.2, -0.15) is 18.3 Å². The third-order valence-electron chi connectivity index (χ3n) is 9.49. The predicted octanol–water partition coefficient (Wildman–Crippen LogP) is 5.38. The van der Waals surface area contributed by atoms with Crippen LogP contribution in [-0.2, 0) is 32.1 Å². The Hall–Kier alpha value is -4.50. The number of nitrogens with one attached hydrogen (secondary N) is 2. The summed E-state index contributed by atoms with van der Waals surface area (Å²) in [5.74, 6) is -7.25. The Balaban J connectivity index is 1.52. The second-order valence-electron chi connectivity index (χ2n) is 12.7. The molecule has 0 radical (unpaired) electrons. The van der Waals surface area contributed by atoms with Gasteiger partial charge in [0, 0.05) is 45.5 Å². The van der Waals surface area contributed by atoms with Crippen LogP contribution in [0, 0.1) is 17.3 Å². The summed E-state index contributed by atoms with van der Waals surface area (Å²) in [5.41, 5.74) is -0.346. The van der Waals surface area contributed by atoms with Crippen LogP contribution in [0.4, 0.5) is 32.4 Å². The van der Waals surface area contributed by atoms with E-state index in [1.54, 1.807) is 42.3 Å². The maximum atomic E-state index is 14.1. The molecule has 1 saturated heterocycles. The Bertz CT molecular complexity index is 1650. The van der Waals surface area contributed by atoms with E-state index in [4.69, 9.17) is 9.47 Å². The number of hydrogen-bond acceptors (Lipinski definition) is 8. The number of rotatable bonds is 10. The van der Waals surface area contributed by atoms with Crippen molar-refractivity contribution in [3.63, 3.8) is 0 Å². The number of carbonyl (C=O) groups is 3. The van der Waals surface area contributed by atoms with Crippen molar-refractivity contribution in [3.8, 4) is 0 Å². The van der Waals surface area contributed by atoms with Gasteiger partial charge in [-0.15, -0.1) is 0 Å². The monoisotopic (exact) mass is 694 g/mol. The van der Waals surface area contributed by atoms with E-state index < -0.39 is 72.7 Å². The summed E-state index contributed by atoms with van der Waals surface area (Å²) in [4.78, 5) is 45.8. The lowest BCUT2D eigenvalue weighted by molar-refractivity contribution is -0.195. The molecule has 1 aliphatic heterocycles. The molecule has 2 amide bonds. The van der Waals surface area contributed by atoms with Gasteiger partial charge in [-0.05, 0) is 37.7 Å². The Morgan fingerprint density at radius 2 is 1.88 bits per heavy atom. The fourth-order valence-electron chi connectivity index (χ4n) is 6.55. The fourth-order valence-corrected chi connectivity index (χ4v) is 6.55. The molecule has 5 rings (SSSR count). The summed E-state index contributed by atoms with van der Waals surface area (Å²) in [6.45, 7) is 1.56. The highest BCUT2D eigenvalue weighted by Crippen LogP contribution is 2.44. The number of benzene rings is 1. The molecule has 11 nitrogen and oxygen atoms in total. The summed E-state index contributed by atoms with van der Waals surface area (Å²) < 4.78 is 81.5. The third-order valence-corrected chi connectivity index (χ3v) is 9.49. The van der Waals surface area contributed by atoms with Crippen molar-refractivity contribution < 1.29 is 45.8 Å². The molecule has 3 heterocycles. The number of ether oxygens (including phenoxy) is 2. The standard InChI is InChI=1S/C33H39F5N6O5/c1-4-43(2)25-14-26-40-24(27(21-10-12-32(34,35)13-11-21)41-30(47)49-19-20-8-6-5-7-9-20)18-44(26)42-23(25)16-31(29(46)48-3)15-22(33(36,37)38)17-39-28(31)45/h5-9,14,18,21-22,27H,4,10-13,15-17,19H2,1-3H3,(H,39,45)(H,41,47)/t22-,27+,31?/m1/s1. The number of esters is 1. The zero-order chi connectivity index (χ0) is 35.6. The van der Waals surface area contributed by atoms with Crippen LogP contribution in [0.1, 0.15) is 62.0 Å². The first-order valence-corrected chi connectivity index (χ1v) is 16.0. The average molecular weight is 695 g/mol. The normalized spacial score (nSPS) is 21.9. The largest absolute Gasteiger partial charge is 0.468 e. The van der Waals surface area contributed by atoms with Crippen LogP contribution < -0.4 is 15.5 Å². The number of imidazole rings is 1. The van der Waals surface area contributed by atoms with Gasteiger partial charge in [0.25, 0.3) is 0 Å². The van der Waals surface area contributed by atoms with Crippen LogP contribution in [0.2, 0.25) is 0 Å². The maximum absolute atomic E-state index is 14.1. The number of alkyl carbamates (subject to hydrolysis) is 1. The van der Waals surface area contributed by atoms with E-state index in [1.165, 1.54) is 10.7 Å². The molecular weight excluding hydrogens is 655 g/mol. The molecule has 1 aliphatic carbocycles. The van der Waals surface area contributed by atoms with Gasteiger partial charge in [0.05, 0.1) is 42.3 Å². The summed E-state index contributed by atoms with van der Waals surface area (Å²) in [5, 5.41) is 9.67. The number of hydrogen-bond donors (Lipinski definition) is 2. The quantitative estimate of drug-likeness (QED) is 0.165. The van der Waals surface area contributed by atoms with Crippen molar-refractivity contribution in [1.29, 1.82) is 0 Å². The van der Waals surface area contributed by atoms with E-state index >= 15 is 0 Å². The minimum Gasteiger partial charge on any atom is -0.468 e. The van der Waals surface area contributed by atoms with Gasteiger partial charge < -0.3 is 25.0 Å². The number of aromatic nitrogens is 3. The lowest BCUT2D eigenvalue weighted by Gasteiger charge is -2.38. The topological polar surface area (TPSA) is 127 Å². The zero-order valence-electron chi connectivity index (χ0n) is 27.4. The maximum Gasteiger partial charge on any atom is 0.408 e. The number of carbonyl (C=O) groups excluding carboxylic acids is 3. The summed E-state index contributed by atoms with van der Waals surface area (Å²) >= 11 is 0. The van der Waals surface area contributed by atoms with Crippen molar-refractivity contribution >= 4 is 29.3 Å². The Morgan fingerprint density at radius 3 is 2.51 bits per heavy atom. The van der Waals surface area contributed by atoms with Crippen LogP contribution in [0.15, 0.2) is 42.6 Å². The number of halogens is 5. The molecule has 1 unspecified atom stereocenters. The van der Waals surface area contributed by atoms with E-state index in [-0.39, 0.29) is 43.6 Å². The molecule has 2 N–H and O–H groups in total. The lowest BCUT2D eigenvalue weighted by atomic mass is 9.72. The number of piperidine rings is 1. The van der Waals surface area contributed by atoms with Crippen LogP contribution in [0.25, 0.3) is 5.65 Å². The highest BCUT2D eigenvalue weighted by molar-refractivity contribution is 6.03. The predicted molar refractivity (Wildman–Crippen MR) is 167 cm³/mol. The molecule has 1 saturated carbocycles. The Morgan fingerprint density at radius 1 is 1.18 bits per heavy atom. The Labute approximate surface area is 279 Å². The Kier molecular flexibility index (Phi) is 10.3. The van der Waals surface area contributed by atoms with Crippen LogP contribution in [0.5, 0.6) is 0 Å². The smallest absolute Gasteiger partial charge is 0.408 e. The molecule has 3 aromatic rings. The van der Waals surface area contributed by atoms with Crippen LogP contribution in [-0.4, -0.2) is 71.9 Å². The fraction of sp³-hybridized carbons (Fsp3) is 0.545. The zero-order valence-corrected chi connectivity index (χ0v) is 27.4. The van der Waals surface area contributed by atoms with Crippen LogP contribution in [0.3, 0.4) is 0 Å². The molecule has 1 aromatic carbocycles. The van der Waals surface area contributed by atoms with Crippen molar-refractivity contribution in [3.05, 3.63) is 59.5 Å². The van der Waals surface area contributed by atoms with E-state index in [1.807, 2.05) is 13.0 Å². The minimum absolute atomic E-state index is 0.0182. The molecule has 0 bridgehead atoms. The second kappa shape index (κ2) is 14.2. The number of fused-ring (bicyclic) bond motifs is 1. The number of nitrogens with zero attached hydrogens (tertiary/aromatic N) is 4. The summed E-state index contributed by atoms with van der Waals surface area (Å²) in [6.07, 6.45) is -5.83. The lowest BCUT2D eigenvalue weighted by Crippen LogP contribution is -2.57. The second-order valence-corrected chi connectivity index (χ2v) is 12.7. The van der Waals surface area contributed by atoms with Crippen molar-refractivity contribution in [2.75, 3.05) is 32.1 Å².